The predicted molar refractivity (Wildman–Crippen MR) is 93.4 cm³/mol. The minimum absolute atomic E-state index is 0.369. The number of aliphatic imine (C=N–C) groups is 1. The van der Waals surface area contributed by atoms with Crippen LogP contribution in [0.4, 0.5) is 5.69 Å². The molecule has 2 rings (SSSR count). The molecule has 1 atom stereocenters. The van der Waals surface area contributed by atoms with E-state index in [-0.39, 0.29) is 0 Å². The molecule has 1 heterocycles. The summed E-state index contributed by atoms with van der Waals surface area (Å²) >= 11 is 6.13. The summed E-state index contributed by atoms with van der Waals surface area (Å²) in [5.74, 6) is 1.74. The van der Waals surface area contributed by atoms with Gasteiger partial charge in [-0.3, -0.25) is 4.99 Å². The van der Waals surface area contributed by atoms with E-state index in [4.69, 9.17) is 16.3 Å². The van der Waals surface area contributed by atoms with Gasteiger partial charge in [0.1, 0.15) is 5.75 Å². The third-order valence-electron chi connectivity index (χ3n) is 3.67. The van der Waals surface area contributed by atoms with Crippen molar-refractivity contribution < 1.29 is 4.74 Å². The number of benzene rings is 1. The molecule has 0 amide bonds. The molecule has 1 saturated heterocycles. The summed E-state index contributed by atoms with van der Waals surface area (Å²) in [6.45, 7) is 7.63. The van der Waals surface area contributed by atoms with Crippen molar-refractivity contribution in [1.82, 2.24) is 10.6 Å². The standard InChI is InChI=1S/C16H25ClN4O/c1-4-18-16(19-5-2)20-13-8-9-21(11-13)14-10-12(17)6-7-15(14)22-3/h6-7,10,13H,4-5,8-9,11H2,1-3H3,(H2,18,19,20). The molecule has 0 aliphatic carbocycles. The molecule has 1 aromatic carbocycles. The molecule has 1 aromatic rings. The van der Waals surface area contributed by atoms with Crippen molar-refractivity contribution in [2.45, 2.75) is 26.3 Å². The second-order valence-electron chi connectivity index (χ2n) is 5.25. The van der Waals surface area contributed by atoms with Gasteiger partial charge in [-0.05, 0) is 38.5 Å². The molecule has 6 heteroatoms. The molecular weight excluding hydrogens is 300 g/mol. The lowest BCUT2D eigenvalue weighted by molar-refractivity contribution is 0.415. The molecule has 122 valence electrons. The lowest BCUT2D eigenvalue weighted by atomic mass is 10.2. The second kappa shape index (κ2) is 8.13. The minimum Gasteiger partial charge on any atom is -0.495 e. The van der Waals surface area contributed by atoms with Crippen LogP contribution in [0.15, 0.2) is 23.2 Å². The van der Waals surface area contributed by atoms with Crippen LogP contribution in [0.1, 0.15) is 20.3 Å². The van der Waals surface area contributed by atoms with Gasteiger partial charge in [-0.1, -0.05) is 11.6 Å². The Kier molecular flexibility index (Phi) is 6.19. The Balaban J connectivity index is 2.03. The van der Waals surface area contributed by atoms with Crippen molar-refractivity contribution in [3.05, 3.63) is 23.2 Å². The van der Waals surface area contributed by atoms with Crippen LogP contribution in [0.5, 0.6) is 5.75 Å². The summed E-state index contributed by atoms with van der Waals surface area (Å²) in [6, 6.07) is 6.11. The van der Waals surface area contributed by atoms with Gasteiger partial charge >= 0.3 is 0 Å². The molecule has 0 bridgehead atoms. The van der Waals surface area contributed by atoms with E-state index in [0.29, 0.717) is 6.04 Å². The Morgan fingerprint density at radius 2 is 2.27 bits per heavy atom. The van der Waals surface area contributed by atoms with E-state index in [0.717, 1.165) is 55.0 Å². The number of rotatable bonds is 5. The molecule has 0 aromatic heterocycles. The molecule has 2 N–H and O–H groups in total. The molecule has 22 heavy (non-hydrogen) atoms. The fraction of sp³-hybridized carbons (Fsp3) is 0.562. The molecule has 1 unspecified atom stereocenters. The fourth-order valence-electron chi connectivity index (χ4n) is 2.68. The van der Waals surface area contributed by atoms with Crippen LogP contribution in [0.25, 0.3) is 0 Å². The van der Waals surface area contributed by atoms with Crippen LogP contribution in [0.3, 0.4) is 0 Å². The van der Waals surface area contributed by atoms with Crippen LogP contribution in [-0.2, 0) is 0 Å². The third-order valence-corrected chi connectivity index (χ3v) is 3.91. The van der Waals surface area contributed by atoms with Crippen molar-refractivity contribution in [3.63, 3.8) is 0 Å². The van der Waals surface area contributed by atoms with Gasteiger partial charge in [0.05, 0.1) is 12.8 Å². The van der Waals surface area contributed by atoms with E-state index in [9.17, 15) is 0 Å². The fourth-order valence-corrected chi connectivity index (χ4v) is 2.84. The zero-order valence-corrected chi connectivity index (χ0v) is 14.3. The number of guanidine groups is 1. The van der Waals surface area contributed by atoms with Crippen molar-refractivity contribution in [3.8, 4) is 5.75 Å². The molecular formula is C16H25ClN4O. The van der Waals surface area contributed by atoms with Gasteiger partial charge in [0.25, 0.3) is 0 Å². The number of methoxy groups -OCH3 is 1. The molecule has 0 spiro atoms. The Hall–Kier alpha value is -1.62. The quantitative estimate of drug-likeness (QED) is 0.645. The van der Waals surface area contributed by atoms with Gasteiger partial charge in [0.15, 0.2) is 5.96 Å². The average Bonchev–Trinajstić information content (AvgIpc) is 2.96. The van der Waals surface area contributed by atoms with Gasteiger partial charge in [0, 0.05) is 37.2 Å². The van der Waals surface area contributed by atoms with Crippen molar-refractivity contribution in [2.75, 3.05) is 38.2 Å². The van der Waals surface area contributed by atoms with Gasteiger partial charge in [-0.25, -0.2) is 0 Å². The minimum atomic E-state index is 0.369. The highest BCUT2D eigenvalue weighted by atomic mass is 35.5. The Morgan fingerprint density at radius 3 is 2.95 bits per heavy atom. The van der Waals surface area contributed by atoms with Crippen LogP contribution in [0, 0.1) is 0 Å². The highest BCUT2D eigenvalue weighted by molar-refractivity contribution is 6.30. The van der Waals surface area contributed by atoms with E-state index in [1.54, 1.807) is 7.11 Å². The SMILES string of the molecule is CCN=C(NCC)NC1CCN(c2cc(Cl)ccc2OC)C1. The van der Waals surface area contributed by atoms with E-state index in [1.807, 2.05) is 25.1 Å². The molecule has 0 radical (unpaired) electrons. The van der Waals surface area contributed by atoms with Gasteiger partial charge in [0.2, 0.25) is 0 Å². The molecule has 5 nitrogen and oxygen atoms in total. The summed E-state index contributed by atoms with van der Waals surface area (Å²) < 4.78 is 5.45. The summed E-state index contributed by atoms with van der Waals surface area (Å²) in [4.78, 5) is 6.76. The first-order chi connectivity index (χ1) is 10.7. The number of hydrogen-bond donors (Lipinski definition) is 2. The smallest absolute Gasteiger partial charge is 0.191 e. The lowest BCUT2D eigenvalue weighted by Gasteiger charge is -2.22. The van der Waals surface area contributed by atoms with Crippen LogP contribution < -0.4 is 20.3 Å². The van der Waals surface area contributed by atoms with E-state index >= 15 is 0 Å². The molecule has 1 aliphatic rings. The van der Waals surface area contributed by atoms with E-state index in [2.05, 4.69) is 27.4 Å². The highest BCUT2D eigenvalue weighted by Crippen LogP contribution is 2.33. The first-order valence-electron chi connectivity index (χ1n) is 7.81. The topological polar surface area (TPSA) is 48.9 Å². The monoisotopic (exact) mass is 324 g/mol. The number of halogens is 1. The summed E-state index contributed by atoms with van der Waals surface area (Å²) in [6.07, 6.45) is 1.06. The van der Waals surface area contributed by atoms with Crippen LogP contribution in [0.2, 0.25) is 5.02 Å². The number of ether oxygens (including phenoxy) is 1. The maximum atomic E-state index is 6.13. The summed E-state index contributed by atoms with van der Waals surface area (Å²) in [5, 5.41) is 7.49. The maximum absolute atomic E-state index is 6.13. The second-order valence-corrected chi connectivity index (χ2v) is 5.68. The van der Waals surface area contributed by atoms with Crippen molar-refractivity contribution in [2.24, 2.45) is 4.99 Å². The Bertz CT molecular complexity index is 521. The zero-order chi connectivity index (χ0) is 15.9. The number of anilines is 1. The lowest BCUT2D eigenvalue weighted by Crippen LogP contribution is -2.44. The highest BCUT2D eigenvalue weighted by Gasteiger charge is 2.25. The number of nitrogens with zero attached hydrogens (tertiary/aromatic N) is 2. The van der Waals surface area contributed by atoms with Gasteiger partial charge in [-0.2, -0.15) is 0 Å². The first kappa shape index (κ1) is 16.7. The number of hydrogen-bond acceptors (Lipinski definition) is 3. The van der Waals surface area contributed by atoms with Gasteiger partial charge in [-0.15, -0.1) is 0 Å². The van der Waals surface area contributed by atoms with E-state index < -0.39 is 0 Å². The molecule has 1 aliphatic heterocycles. The largest absolute Gasteiger partial charge is 0.495 e. The van der Waals surface area contributed by atoms with Gasteiger partial charge < -0.3 is 20.3 Å². The van der Waals surface area contributed by atoms with E-state index in [1.165, 1.54) is 0 Å². The number of nitrogens with one attached hydrogen (secondary N) is 2. The average molecular weight is 325 g/mol. The Labute approximate surface area is 137 Å². The zero-order valence-electron chi connectivity index (χ0n) is 13.5. The molecule has 0 saturated carbocycles. The normalized spacial score (nSPS) is 18.5. The Morgan fingerprint density at radius 1 is 1.45 bits per heavy atom. The van der Waals surface area contributed by atoms with Crippen LogP contribution in [-0.4, -0.2) is 45.3 Å². The maximum Gasteiger partial charge on any atom is 0.191 e. The first-order valence-corrected chi connectivity index (χ1v) is 8.19. The summed E-state index contributed by atoms with van der Waals surface area (Å²) in [7, 11) is 1.69. The van der Waals surface area contributed by atoms with Crippen LogP contribution >= 0.6 is 11.6 Å². The third kappa shape index (κ3) is 4.19. The predicted octanol–water partition coefficient (Wildman–Crippen LogP) is 2.50. The molecule has 1 fully saturated rings. The summed E-state index contributed by atoms with van der Waals surface area (Å²) in [5.41, 5.74) is 1.05. The van der Waals surface area contributed by atoms with Crippen molar-refractivity contribution >= 4 is 23.2 Å². The van der Waals surface area contributed by atoms with Crippen molar-refractivity contribution in [1.29, 1.82) is 0 Å².